The molecule has 0 saturated carbocycles. The van der Waals surface area contributed by atoms with Gasteiger partial charge in [0.15, 0.2) is 5.65 Å². The van der Waals surface area contributed by atoms with Gasteiger partial charge in [0.2, 0.25) is 11.8 Å². The van der Waals surface area contributed by atoms with Gasteiger partial charge in [0.1, 0.15) is 0 Å². The third kappa shape index (κ3) is 4.85. The summed E-state index contributed by atoms with van der Waals surface area (Å²) in [4.78, 5) is 28.4. The van der Waals surface area contributed by atoms with Crippen molar-refractivity contribution in [1.82, 2.24) is 14.8 Å². The van der Waals surface area contributed by atoms with Crippen molar-refractivity contribution < 1.29 is 9.59 Å². The Labute approximate surface area is 161 Å². The van der Waals surface area contributed by atoms with Crippen LogP contribution in [0.1, 0.15) is 11.3 Å². The molecule has 3 aromatic rings. The van der Waals surface area contributed by atoms with Crippen molar-refractivity contribution in [3.05, 3.63) is 47.8 Å². The van der Waals surface area contributed by atoms with Crippen molar-refractivity contribution in [2.75, 3.05) is 22.1 Å². The summed E-state index contributed by atoms with van der Waals surface area (Å²) in [6.07, 6.45) is 1.61. The molecular weight excluding hydrogens is 362 g/mol. The van der Waals surface area contributed by atoms with E-state index in [-0.39, 0.29) is 23.3 Å². The van der Waals surface area contributed by atoms with Gasteiger partial charge in [0.25, 0.3) is 0 Å². The predicted molar refractivity (Wildman–Crippen MR) is 109 cm³/mol. The Morgan fingerprint density at radius 2 is 1.67 bits per heavy atom. The summed E-state index contributed by atoms with van der Waals surface area (Å²) in [7, 11) is 1.83. The Morgan fingerprint density at radius 1 is 1.04 bits per heavy atom. The minimum atomic E-state index is -0.175. The number of hydrogen-bond acceptors (Lipinski definition) is 5. The number of pyridine rings is 1. The Kier molecular flexibility index (Phi) is 5.75. The van der Waals surface area contributed by atoms with E-state index in [1.54, 1.807) is 10.9 Å². The van der Waals surface area contributed by atoms with E-state index in [9.17, 15) is 9.59 Å². The smallest absolute Gasteiger partial charge is 0.234 e. The molecule has 0 saturated heterocycles. The molecule has 0 aliphatic heterocycles. The van der Waals surface area contributed by atoms with Crippen LogP contribution in [0.5, 0.6) is 0 Å². The normalized spacial score (nSPS) is 10.8. The third-order valence-electron chi connectivity index (χ3n) is 3.95. The molecule has 0 fully saturated rings. The molecule has 0 unspecified atom stereocenters. The van der Waals surface area contributed by atoms with E-state index < -0.39 is 0 Å². The molecule has 3 rings (SSSR count). The SMILES string of the molecule is Cc1ccc(NC(=O)CSCC(=O)Nc2cnc3c(c2)c(C)nn3C)cc1. The number of nitrogens with zero attached hydrogens (tertiary/aromatic N) is 3. The zero-order chi connectivity index (χ0) is 19.4. The first-order valence-corrected chi connectivity index (χ1v) is 9.61. The van der Waals surface area contributed by atoms with E-state index in [4.69, 9.17) is 0 Å². The second kappa shape index (κ2) is 8.22. The first-order chi connectivity index (χ1) is 12.9. The molecule has 2 aromatic heterocycles. The lowest BCUT2D eigenvalue weighted by atomic mass is 10.2. The van der Waals surface area contributed by atoms with Gasteiger partial charge in [-0.05, 0) is 32.0 Å². The van der Waals surface area contributed by atoms with Gasteiger partial charge in [-0.1, -0.05) is 17.7 Å². The van der Waals surface area contributed by atoms with Gasteiger partial charge in [-0.2, -0.15) is 5.10 Å². The van der Waals surface area contributed by atoms with Crippen molar-refractivity contribution in [2.24, 2.45) is 7.05 Å². The van der Waals surface area contributed by atoms with Crippen molar-refractivity contribution in [3.8, 4) is 0 Å². The van der Waals surface area contributed by atoms with Gasteiger partial charge in [-0.25, -0.2) is 4.98 Å². The summed E-state index contributed by atoms with van der Waals surface area (Å²) in [6.45, 7) is 3.89. The average molecular weight is 383 g/mol. The molecule has 2 N–H and O–H groups in total. The number of thioether (sulfide) groups is 1. The highest BCUT2D eigenvalue weighted by atomic mass is 32.2. The van der Waals surface area contributed by atoms with Crippen LogP contribution < -0.4 is 10.6 Å². The number of anilines is 2. The molecule has 0 spiro atoms. The van der Waals surface area contributed by atoms with Gasteiger partial charge >= 0.3 is 0 Å². The minimum Gasteiger partial charge on any atom is -0.325 e. The number of nitrogens with one attached hydrogen (secondary N) is 2. The monoisotopic (exact) mass is 383 g/mol. The number of aromatic nitrogens is 3. The van der Waals surface area contributed by atoms with E-state index in [0.717, 1.165) is 28.0 Å². The van der Waals surface area contributed by atoms with Gasteiger partial charge < -0.3 is 10.6 Å². The van der Waals surface area contributed by atoms with Gasteiger partial charge in [0, 0.05) is 18.1 Å². The quantitative estimate of drug-likeness (QED) is 0.683. The van der Waals surface area contributed by atoms with E-state index in [2.05, 4.69) is 20.7 Å². The van der Waals surface area contributed by atoms with Crippen molar-refractivity contribution in [2.45, 2.75) is 13.8 Å². The lowest BCUT2D eigenvalue weighted by Crippen LogP contribution is -2.18. The molecule has 0 radical (unpaired) electrons. The van der Waals surface area contributed by atoms with Crippen LogP contribution in [0.2, 0.25) is 0 Å². The Balaban J connectivity index is 1.47. The van der Waals surface area contributed by atoms with E-state index >= 15 is 0 Å². The Morgan fingerprint density at radius 3 is 2.33 bits per heavy atom. The zero-order valence-electron chi connectivity index (χ0n) is 15.4. The molecule has 7 nitrogen and oxygen atoms in total. The van der Waals surface area contributed by atoms with Crippen LogP contribution in [0.4, 0.5) is 11.4 Å². The van der Waals surface area contributed by atoms with E-state index in [1.807, 2.05) is 51.2 Å². The lowest BCUT2D eigenvalue weighted by molar-refractivity contribution is -0.114. The standard InChI is InChI=1S/C19H21N5O2S/c1-12-4-6-14(7-5-12)21-17(25)10-27-11-18(26)22-15-8-16-13(2)23-24(3)19(16)20-9-15/h4-9H,10-11H2,1-3H3,(H,21,25)(H,22,26). The van der Waals surface area contributed by atoms with Crippen molar-refractivity contribution in [3.63, 3.8) is 0 Å². The molecule has 2 heterocycles. The number of hydrogen-bond donors (Lipinski definition) is 2. The first kappa shape index (κ1) is 18.9. The summed E-state index contributed by atoms with van der Waals surface area (Å²) in [5.41, 5.74) is 4.13. The van der Waals surface area contributed by atoms with Crippen LogP contribution in [0.25, 0.3) is 11.0 Å². The summed E-state index contributed by atoms with van der Waals surface area (Å²) >= 11 is 1.26. The zero-order valence-corrected chi connectivity index (χ0v) is 16.3. The fourth-order valence-electron chi connectivity index (χ4n) is 2.64. The highest BCUT2D eigenvalue weighted by molar-refractivity contribution is 8.00. The molecule has 2 amide bonds. The number of benzene rings is 1. The third-order valence-corrected chi connectivity index (χ3v) is 4.88. The molecule has 8 heteroatoms. The van der Waals surface area contributed by atoms with Gasteiger partial charge in [-0.15, -0.1) is 11.8 Å². The first-order valence-electron chi connectivity index (χ1n) is 8.46. The van der Waals surface area contributed by atoms with Crippen molar-refractivity contribution >= 4 is 46.0 Å². The fourth-order valence-corrected chi connectivity index (χ4v) is 3.26. The van der Waals surface area contributed by atoms with Crippen LogP contribution in [0.3, 0.4) is 0 Å². The van der Waals surface area contributed by atoms with Crippen LogP contribution in [0.15, 0.2) is 36.5 Å². The predicted octanol–water partition coefficient (Wildman–Crippen LogP) is 2.90. The summed E-state index contributed by atoms with van der Waals surface area (Å²) in [5, 5.41) is 10.8. The van der Waals surface area contributed by atoms with Crippen molar-refractivity contribution in [1.29, 1.82) is 0 Å². The number of fused-ring (bicyclic) bond motifs is 1. The van der Waals surface area contributed by atoms with Gasteiger partial charge in [-0.3, -0.25) is 14.3 Å². The minimum absolute atomic E-state index is 0.134. The lowest BCUT2D eigenvalue weighted by Gasteiger charge is -2.07. The number of amides is 2. The molecule has 27 heavy (non-hydrogen) atoms. The van der Waals surface area contributed by atoms with Crippen LogP contribution in [-0.4, -0.2) is 38.1 Å². The average Bonchev–Trinajstić information content (AvgIpc) is 2.91. The molecule has 0 atom stereocenters. The Bertz CT molecular complexity index is 982. The maximum absolute atomic E-state index is 12.1. The molecule has 140 valence electrons. The molecule has 0 aliphatic carbocycles. The molecule has 1 aromatic carbocycles. The summed E-state index contributed by atoms with van der Waals surface area (Å²) in [5.74, 6) is 0.0858. The summed E-state index contributed by atoms with van der Waals surface area (Å²) in [6, 6.07) is 9.44. The van der Waals surface area contributed by atoms with Crippen LogP contribution in [-0.2, 0) is 16.6 Å². The highest BCUT2D eigenvalue weighted by Crippen LogP contribution is 2.19. The molecule has 0 bridgehead atoms. The fraction of sp³-hybridized carbons (Fsp3) is 0.263. The molecule has 0 aliphatic rings. The topological polar surface area (TPSA) is 88.9 Å². The largest absolute Gasteiger partial charge is 0.325 e. The van der Waals surface area contributed by atoms with E-state index in [0.29, 0.717) is 5.69 Å². The number of aryl methyl sites for hydroxylation is 3. The van der Waals surface area contributed by atoms with Crippen LogP contribution >= 0.6 is 11.8 Å². The number of carbonyl (C=O) groups excluding carboxylic acids is 2. The second-order valence-corrected chi connectivity index (χ2v) is 7.24. The second-order valence-electron chi connectivity index (χ2n) is 6.26. The summed E-state index contributed by atoms with van der Waals surface area (Å²) < 4.78 is 1.71. The molecular formula is C19H21N5O2S. The maximum Gasteiger partial charge on any atom is 0.234 e. The van der Waals surface area contributed by atoms with Crippen LogP contribution in [0, 0.1) is 13.8 Å². The number of rotatable bonds is 6. The Hall–Kier alpha value is -2.87. The highest BCUT2D eigenvalue weighted by Gasteiger charge is 2.10. The maximum atomic E-state index is 12.1. The van der Waals surface area contributed by atoms with E-state index in [1.165, 1.54) is 11.8 Å². The number of carbonyl (C=O) groups is 2. The van der Waals surface area contributed by atoms with Gasteiger partial charge in [0.05, 0.1) is 29.1 Å².